The molecule has 4 aliphatic carbocycles. The summed E-state index contributed by atoms with van der Waals surface area (Å²) in [5.41, 5.74) is 0. The summed E-state index contributed by atoms with van der Waals surface area (Å²) in [5, 5.41) is 10.8. The molecule has 2 nitrogen and oxygen atoms in total. The molecule has 4 atom stereocenters. The van der Waals surface area contributed by atoms with E-state index in [1.807, 2.05) is 0 Å². The molecule has 1 N–H and O–H groups in total. The summed E-state index contributed by atoms with van der Waals surface area (Å²) in [6.07, 6.45) is 28.3. The fourth-order valence-electron chi connectivity index (χ4n) is 7.13. The van der Waals surface area contributed by atoms with Crippen LogP contribution in [0.1, 0.15) is 177 Å². The first-order chi connectivity index (χ1) is 19.1. The molecule has 0 bridgehead atoms. The van der Waals surface area contributed by atoms with Crippen LogP contribution in [0.25, 0.3) is 0 Å². The molecule has 0 aliphatic heterocycles. The Hall–Kier alpha value is 1.66. The van der Waals surface area contributed by atoms with Crippen LogP contribution >= 0.6 is 23.5 Å². The zero-order valence-corrected chi connectivity index (χ0v) is 36.5. The summed E-state index contributed by atoms with van der Waals surface area (Å²) in [5.74, 6) is 1.75. The molecule has 4 unspecified atom stereocenters. The maximum Gasteiger partial charge on any atom is 2.00 e. The monoisotopic (exact) mass is 785 g/mol. The second kappa shape index (κ2) is 34.7. The summed E-state index contributed by atoms with van der Waals surface area (Å²) in [6, 6.07) is 0. The molecule has 0 saturated heterocycles. The first-order valence-corrected chi connectivity index (χ1v) is 19.5. The molecule has 4 saturated carbocycles. The van der Waals surface area contributed by atoms with Crippen molar-refractivity contribution in [2.24, 2.45) is 11.8 Å². The van der Waals surface area contributed by atoms with Crippen molar-refractivity contribution in [3.63, 3.8) is 0 Å². The summed E-state index contributed by atoms with van der Waals surface area (Å²) in [4.78, 5) is 2.87. The minimum atomic E-state index is 0. The van der Waals surface area contributed by atoms with Crippen molar-refractivity contribution in [2.75, 3.05) is 26.2 Å². The summed E-state index contributed by atoms with van der Waals surface area (Å²) >= 11 is 4.48. The number of unbranched alkanes of at least 4 members (excludes halogenated alkanes) is 3. The van der Waals surface area contributed by atoms with Gasteiger partial charge in [0.05, 0.1) is 0 Å². The van der Waals surface area contributed by atoms with Crippen molar-refractivity contribution >= 4 is 23.5 Å². The Morgan fingerprint density at radius 2 is 0.830 bits per heavy atom. The predicted octanol–water partition coefficient (Wildman–Crippen LogP) is 13.6. The van der Waals surface area contributed by atoms with E-state index in [2.05, 4.69) is 70.0 Å². The maximum atomic E-state index is 9.08. The third-order valence-electron chi connectivity index (χ3n) is 9.06. The maximum absolute atomic E-state index is 9.08. The predicted molar refractivity (Wildman–Crippen MR) is 217 cm³/mol. The molecule has 0 amide bonds. The molecule has 4 rings (SSSR count). The molecule has 6 heteroatoms. The molecule has 4 fully saturated rings. The molecule has 4 aliphatic rings. The van der Waals surface area contributed by atoms with Crippen molar-refractivity contribution in [1.29, 1.82) is 0 Å². The number of thioether (sulfide) groups is 2. The van der Waals surface area contributed by atoms with Gasteiger partial charge in [0.25, 0.3) is 0 Å². The van der Waals surface area contributed by atoms with E-state index in [1.54, 1.807) is 0 Å². The van der Waals surface area contributed by atoms with Gasteiger partial charge in [-0.15, -0.1) is 0 Å². The van der Waals surface area contributed by atoms with Crippen molar-refractivity contribution in [2.45, 2.75) is 197 Å². The molecular formula is C41H87Fe2NOS2. The number of hydrogen-bond donors (Lipinski definition) is 1. The topological polar surface area (TPSA) is 23.5 Å². The number of rotatable bonds is 12. The SMILES string of the molecule is C.C1CCCC1.C1CCCC1.CC(C)(C)SC1CCCC1CN(CCCCCCO)CC1CCCC1SC(C)(C)C.[CH3-].[CH3-].[CH3-].[CH3-].[Fe+2].[Fe+2]. The minimum absolute atomic E-state index is 0. The summed E-state index contributed by atoms with van der Waals surface area (Å²) in [7, 11) is 0. The van der Waals surface area contributed by atoms with E-state index in [9.17, 15) is 0 Å². The van der Waals surface area contributed by atoms with Gasteiger partial charge < -0.3 is 39.7 Å². The van der Waals surface area contributed by atoms with Crippen LogP contribution in [0.2, 0.25) is 0 Å². The van der Waals surface area contributed by atoms with Gasteiger partial charge in [0.1, 0.15) is 0 Å². The second-order valence-electron chi connectivity index (χ2n) is 15.4. The van der Waals surface area contributed by atoms with Gasteiger partial charge in [-0.3, -0.25) is 0 Å². The van der Waals surface area contributed by atoms with Gasteiger partial charge >= 0.3 is 34.1 Å². The first-order valence-electron chi connectivity index (χ1n) is 17.8. The number of aliphatic hydroxyl groups is 1. The van der Waals surface area contributed by atoms with Crippen molar-refractivity contribution < 1.29 is 39.2 Å². The standard InChI is InChI=1S/C26H51NOS2.2C5H10.CH4.4CH3.2Fe/c1-25(2,3)29-23-15-11-13-21(23)19-27(17-9-7-8-10-18-28)20-22-14-12-16-24(22)30-26(4,5)6;2*1-2-4-5-3-1;;;;;;;/h21-24,28H,7-20H2,1-6H3;2*1-5H2;1H4;4*1H3;;/q;;;;4*-1;2*+2. The van der Waals surface area contributed by atoms with E-state index < -0.39 is 0 Å². The average molecular weight is 786 g/mol. The van der Waals surface area contributed by atoms with Crippen LogP contribution < -0.4 is 0 Å². The first kappa shape index (κ1) is 60.7. The Morgan fingerprint density at radius 1 is 0.511 bits per heavy atom. The molecule has 0 heterocycles. The zero-order chi connectivity index (χ0) is 29.3. The van der Waals surface area contributed by atoms with Gasteiger partial charge in [-0.05, 0) is 56.9 Å². The fourth-order valence-corrected chi connectivity index (χ4v) is 10.3. The Labute approximate surface area is 330 Å². The van der Waals surface area contributed by atoms with Gasteiger partial charge in [0.2, 0.25) is 0 Å². The molecule has 0 spiro atoms. The van der Waals surface area contributed by atoms with Gasteiger partial charge in [-0.1, -0.05) is 139 Å². The van der Waals surface area contributed by atoms with E-state index in [0.717, 1.165) is 28.8 Å². The van der Waals surface area contributed by atoms with Gasteiger partial charge in [0.15, 0.2) is 0 Å². The van der Waals surface area contributed by atoms with Crippen molar-refractivity contribution in [1.82, 2.24) is 4.90 Å². The number of hydrogen-bond acceptors (Lipinski definition) is 4. The van der Waals surface area contributed by atoms with Crippen molar-refractivity contribution in [3.05, 3.63) is 29.7 Å². The van der Waals surface area contributed by atoms with Crippen LogP contribution in [0.15, 0.2) is 0 Å². The smallest absolute Gasteiger partial charge is 0.396 e. The Morgan fingerprint density at radius 3 is 1.13 bits per heavy atom. The molecule has 0 aromatic carbocycles. The van der Waals surface area contributed by atoms with Crippen LogP contribution in [0, 0.1) is 41.5 Å². The van der Waals surface area contributed by atoms with Crippen LogP contribution in [0.4, 0.5) is 0 Å². The minimum Gasteiger partial charge on any atom is -0.396 e. The Bertz CT molecular complexity index is 556. The van der Waals surface area contributed by atoms with Crippen molar-refractivity contribution in [3.8, 4) is 0 Å². The van der Waals surface area contributed by atoms with Gasteiger partial charge in [0, 0.05) is 39.7 Å². The third kappa shape index (κ3) is 30.9. The third-order valence-corrected chi connectivity index (χ3v) is 12.3. The van der Waals surface area contributed by atoms with E-state index >= 15 is 0 Å². The largest absolute Gasteiger partial charge is 2.00 e. The van der Waals surface area contributed by atoms with Crippen LogP contribution in [0.3, 0.4) is 0 Å². The average Bonchev–Trinajstić information content (AvgIpc) is 3.68. The van der Waals surface area contributed by atoms with Gasteiger partial charge in [-0.25, -0.2) is 0 Å². The number of aliphatic hydroxyl groups excluding tert-OH is 1. The van der Waals surface area contributed by atoms with Crippen LogP contribution in [-0.2, 0) is 34.1 Å². The summed E-state index contributed by atoms with van der Waals surface area (Å²) < 4.78 is 0.755. The number of nitrogens with zero attached hydrogens (tertiary/aromatic N) is 1. The molecule has 0 radical (unpaired) electrons. The van der Waals surface area contributed by atoms with E-state index in [4.69, 9.17) is 5.11 Å². The van der Waals surface area contributed by atoms with Crippen LogP contribution in [0.5, 0.6) is 0 Å². The van der Waals surface area contributed by atoms with Gasteiger partial charge in [-0.2, -0.15) is 23.5 Å². The summed E-state index contributed by atoms with van der Waals surface area (Å²) in [6.45, 7) is 18.6. The molecule has 0 aromatic heterocycles. The second-order valence-corrected chi connectivity index (χ2v) is 19.5. The fraction of sp³-hybridized carbons (Fsp3) is 0.902. The van der Waals surface area contributed by atoms with Crippen LogP contribution in [-0.4, -0.2) is 56.2 Å². The molecule has 0 aromatic rings. The zero-order valence-electron chi connectivity index (χ0n) is 32.7. The van der Waals surface area contributed by atoms with E-state index in [1.165, 1.54) is 142 Å². The van der Waals surface area contributed by atoms with E-state index in [-0.39, 0.29) is 71.3 Å². The molecular weight excluding hydrogens is 698 g/mol. The molecule has 290 valence electrons. The van der Waals surface area contributed by atoms with E-state index in [0.29, 0.717) is 16.1 Å². The quantitative estimate of drug-likeness (QED) is 0.121. The normalized spacial score (nSPS) is 23.0. The molecule has 47 heavy (non-hydrogen) atoms. The Balaban J connectivity index is -0.000000211. The Kier molecular flexibility index (Phi) is 44.9.